The van der Waals surface area contributed by atoms with Gasteiger partial charge < -0.3 is 5.32 Å². The van der Waals surface area contributed by atoms with Gasteiger partial charge in [-0.15, -0.1) is 0 Å². The minimum atomic E-state index is -3.96. The van der Waals surface area contributed by atoms with Crippen molar-refractivity contribution in [1.82, 2.24) is 5.32 Å². The summed E-state index contributed by atoms with van der Waals surface area (Å²) < 4.78 is 27.9. The second-order valence-corrected chi connectivity index (χ2v) is 9.83. The van der Waals surface area contributed by atoms with Crippen LogP contribution in [0.15, 0.2) is 71.6 Å². The van der Waals surface area contributed by atoms with E-state index < -0.39 is 15.9 Å². The predicted molar refractivity (Wildman–Crippen MR) is 125 cm³/mol. The molecule has 5 nitrogen and oxygen atoms in total. The molecule has 0 saturated carbocycles. The largest absolute Gasteiger partial charge is 0.350 e. The summed E-state index contributed by atoms with van der Waals surface area (Å²) in [5.41, 5.74) is 2.82. The molecule has 0 heterocycles. The van der Waals surface area contributed by atoms with Gasteiger partial charge in [-0.3, -0.25) is 9.10 Å². The van der Waals surface area contributed by atoms with Crippen LogP contribution in [0.25, 0.3) is 0 Å². The SMILES string of the molecule is Cc1ccc(S(=O)(=O)N(CC(=O)NCc2ccc(Cl)cc2Cl)c2ccccc2C)cc1. The number of carbonyl (C=O) groups is 1. The summed E-state index contributed by atoms with van der Waals surface area (Å²) in [5, 5.41) is 3.66. The monoisotopic (exact) mass is 476 g/mol. The van der Waals surface area contributed by atoms with E-state index in [0.29, 0.717) is 21.3 Å². The number of hydrogen-bond acceptors (Lipinski definition) is 3. The van der Waals surface area contributed by atoms with Gasteiger partial charge in [0.15, 0.2) is 0 Å². The van der Waals surface area contributed by atoms with Gasteiger partial charge in [-0.25, -0.2) is 8.42 Å². The lowest BCUT2D eigenvalue weighted by atomic mass is 10.2. The van der Waals surface area contributed by atoms with Crippen LogP contribution in [0.1, 0.15) is 16.7 Å². The van der Waals surface area contributed by atoms with Gasteiger partial charge in [0.1, 0.15) is 6.54 Å². The zero-order valence-electron chi connectivity index (χ0n) is 17.1. The van der Waals surface area contributed by atoms with Crippen molar-refractivity contribution in [2.75, 3.05) is 10.8 Å². The van der Waals surface area contributed by atoms with Crippen molar-refractivity contribution in [2.45, 2.75) is 25.3 Å². The zero-order chi connectivity index (χ0) is 22.6. The molecule has 0 fully saturated rings. The van der Waals surface area contributed by atoms with Gasteiger partial charge in [-0.05, 0) is 55.3 Å². The third-order valence-corrected chi connectivity index (χ3v) is 7.13. The Hall–Kier alpha value is -2.54. The number of aryl methyl sites for hydroxylation is 2. The van der Waals surface area contributed by atoms with E-state index in [1.807, 2.05) is 13.0 Å². The van der Waals surface area contributed by atoms with Crippen LogP contribution < -0.4 is 9.62 Å². The highest BCUT2D eigenvalue weighted by atomic mass is 35.5. The van der Waals surface area contributed by atoms with Crippen LogP contribution in [0, 0.1) is 13.8 Å². The van der Waals surface area contributed by atoms with Crippen molar-refractivity contribution in [1.29, 1.82) is 0 Å². The number of benzene rings is 3. The van der Waals surface area contributed by atoms with E-state index in [9.17, 15) is 13.2 Å². The quantitative estimate of drug-likeness (QED) is 0.514. The maximum absolute atomic E-state index is 13.4. The Bertz CT molecular complexity index is 1200. The minimum absolute atomic E-state index is 0.120. The number of hydrogen-bond donors (Lipinski definition) is 1. The molecule has 162 valence electrons. The van der Waals surface area contributed by atoms with Crippen LogP contribution in [-0.4, -0.2) is 20.9 Å². The number of amides is 1. The van der Waals surface area contributed by atoms with Crippen LogP contribution >= 0.6 is 23.2 Å². The summed E-state index contributed by atoms with van der Waals surface area (Å²) >= 11 is 12.1. The summed E-state index contributed by atoms with van der Waals surface area (Å²) in [7, 11) is -3.96. The average Bonchev–Trinajstić information content (AvgIpc) is 2.72. The van der Waals surface area contributed by atoms with Crippen LogP contribution in [0.2, 0.25) is 10.0 Å². The molecule has 0 spiro atoms. The first-order valence-corrected chi connectivity index (χ1v) is 11.7. The second kappa shape index (κ2) is 9.73. The fourth-order valence-corrected chi connectivity index (χ4v) is 4.99. The molecule has 0 aliphatic heterocycles. The number of sulfonamides is 1. The zero-order valence-corrected chi connectivity index (χ0v) is 19.4. The van der Waals surface area contributed by atoms with E-state index in [-0.39, 0.29) is 18.0 Å². The molecular formula is C23H22Cl2N2O3S. The van der Waals surface area contributed by atoms with E-state index in [0.717, 1.165) is 15.4 Å². The van der Waals surface area contributed by atoms with Crippen molar-refractivity contribution >= 4 is 44.8 Å². The predicted octanol–water partition coefficient (Wildman–Crippen LogP) is 5.12. The van der Waals surface area contributed by atoms with Crippen molar-refractivity contribution < 1.29 is 13.2 Å². The summed E-state index contributed by atoms with van der Waals surface area (Å²) in [6, 6.07) is 18.6. The smallest absolute Gasteiger partial charge is 0.264 e. The van der Waals surface area contributed by atoms with Gasteiger partial charge in [0.25, 0.3) is 10.0 Å². The molecule has 1 N–H and O–H groups in total. The Morgan fingerprint density at radius 1 is 0.968 bits per heavy atom. The lowest BCUT2D eigenvalue weighted by Gasteiger charge is -2.25. The van der Waals surface area contributed by atoms with Crippen LogP contribution in [0.4, 0.5) is 5.69 Å². The number of nitrogens with one attached hydrogen (secondary N) is 1. The summed E-state index contributed by atoms with van der Waals surface area (Å²) in [6.45, 7) is 3.47. The second-order valence-electron chi connectivity index (χ2n) is 7.12. The van der Waals surface area contributed by atoms with E-state index >= 15 is 0 Å². The van der Waals surface area contributed by atoms with Crippen molar-refractivity contribution in [2.24, 2.45) is 0 Å². The third kappa shape index (κ3) is 5.58. The molecule has 1 amide bonds. The van der Waals surface area contributed by atoms with Gasteiger partial charge in [-0.2, -0.15) is 0 Å². The molecule has 3 rings (SSSR count). The van der Waals surface area contributed by atoms with E-state index in [1.54, 1.807) is 67.6 Å². The molecular weight excluding hydrogens is 455 g/mol. The molecule has 0 aromatic heterocycles. The number of para-hydroxylation sites is 1. The number of halogens is 2. The highest BCUT2D eigenvalue weighted by molar-refractivity contribution is 7.92. The number of rotatable bonds is 7. The molecule has 3 aromatic carbocycles. The Balaban J connectivity index is 1.87. The molecule has 0 saturated heterocycles. The highest BCUT2D eigenvalue weighted by Gasteiger charge is 2.28. The van der Waals surface area contributed by atoms with Crippen molar-refractivity contribution in [3.05, 3.63) is 93.5 Å². The van der Waals surface area contributed by atoms with Crippen LogP contribution in [-0.2, 0) is 21.4 Å². The molecule has 0 unspecified atom stereocenters. The lowest BCUT2D eigenvalue weighted by Crippen LogP contribution is -2.41. The van der Waals surface area contributed by atoms with E-state index in [1.165, 1.54) is 0 Å². The number of anilines is 1. The normalized spacial score (nSPS) is 11.2. The summed E-state index contributed by atoms with van der Waals surface area (Å²) in [5.74, 6) is -0.454. The lowest BCUT2D eigenvalue weighted by molar-refractivity contribution is -0.119. The van der Waals surface area contributed by atoms with Gasteiger partial charge in [0, 0.05) is 16.6 Å². The van der Waals surface area contributed by atoms with Gasteiger partial charge in [-0.1, -0.05) is 65.2 Å². The van der Waals surface area contributed by atoms with Crippen molar-refractivity contribution in [3.8, 4) is 0 Å². The topological polar surface area (TPSA) is 66.5 Å². The van der Waals surface area contributed by atoms with Crippen LogP contribution in [0.3, 0.4) is 0 Å². The number of carbonyl (C=O) groups excluding carboxylic acids is 1. The molecule has 0 atom stereocenters. The fraction of sp³-hybridized carbons (Fsp3) is 0.174. The first kappa shape index (κ1) is 23.1. The maximum Gasteiger partial charge on any atom is 0.264 e. The molecule has 0 aliphatic carbocycles. The van der Waals surface area contributed by atoms with Gasteiger partial charge in [0.2, 0.25) is 5.91 Å². The Morgan fingerprint density at radius 2 is 1.65 bits per heavy atom. The number of nitrogens with zero attached hydrogens (tertiary/aromatic N) is 1. The molecule has 0 bridgehead atoms. The fourth-order valence-electron chi connectivity index (χ4n) is 3.03. The summed E-state index contributed by atoms with van der Waals surface area (Å²) in [6.07, 6.45) is 0. The minimum Gasteiger partial charge on any atom is -0.350 e. The molecule has 0 radical (unpaired) electrons. The van der Waals surface area contributed by atoms with E-state index in [4.69, 9.17) is 23.2 Å². The first-order valence-electron chi connectivity index (χ1n) is 9.54. The molecule has 3 aromatic rings. The summed E-state index contributed by atoms with van der Waals surface area (Å²) in [4.78, 5) is 12.9. The molecule has 0 aliphatic rings. The Kier molecular flexibility index (Phi) is 7.26. The highest BCUT2D eigenvalue weighted by Crippen LogP contribution is 2.27. The standard InChI is InChI=1S/C23H22Cl2N2O3S/c1-16-7-11-20(12-8-16)31(29,30)27(22-6-4-3-5-17(22)2)15-23(28)26-14-18-9-10-19(24)13-21(18)25/h3-13H,14-15H2,1-2H3,(H,26,28). The average molecular weight is 477 g/mol. The molecule has 8 heteroatoms. The van der Waals surface area contributed by atoms with Crippen LogP contribution in [0.5, 0.6) is 0 Å². The maximum atomic E-state index is 13.4. The van der Waals surface area contributed by atoms with Crippen molar-refractivity contribution in [3.63, 3.8) is 0 Å². The van der Waals surface area contributed by atoms with Gasteiger partial charge in [0.05, 0.1) is 10.6 Å². The van der Waals surface area contributed by atoms with E-state index in [2.05, 4.69) is 5.32 Å². The Morgan fingerprint density at radius 3 is 2.29 bits per heavy atom. The van der Waals surface area contributed by atoms with Gasteiger partial charge >= 0.3 is 0 Å². The Labute approximate surface area is 192 Å². The first-order chi connectivity index (χ1) is 14.7. The third-order valence-electron chi connectivity index (χ3n) is 4.77. The molecule has 31 heavy (non-hydrogen) atoms.